The first-order valence-corrected chi connectivity index (χ1v) is 6.97. The molecule has 1 aromatic heterocycles. The van der Waals surface area contributed by atoms with Crippen molar-refractivity contribution in [3.8, 4) is 0 Å². The number of nitrogens with one attached hydrogen (secondary N) is 1. The molecule has 1 aromatic rings. The van der Waals surface area contributed by atoms with Crippen LogP contribution in [-0.4, -0.2) is 22.4 Å². The van der Waals surface area contributed by atoms with Gasteiger partial charge in [0.25, 0.3) is 0 Å². The molecule has 1 fully saturated rings. The van der Waals surface area contributed by atoms with E-state index in [-0.39, 0.29) is 0 Å². The van der Waals surface area contributed by atoms with Gasteiger partial charge in [0.05, 0.1) is 0 Å². The molecule has 0 saturated heterocycles. The van der Waals surface area contributed by atoms with Crippen LogP contribution in [0.4, 0.5) is 0 Å². The van der Waals surface area contributed by atoms with Crippen molar-refractivity contribution in [2.75, 3.05) is 6.54 Å². The van der Waals surface area contributed by atoms with E-state index >= 15 is 0 Å². The number of rotatable bonds is 6. The number of aryl methyl sites for hydroxylation is 1. The van der Waals surface area contributed by atoms with E-state index in [0.29, 0.717) is 6.04 Å². The zero-order valence-electron chi connectivity index (χ0n) is 11.3. The van der Waals surface area contributed by atoms with Gasteiger partial charge in [0.1, 0.15) is 0 Å². The van der Waals surface area contributed by atoms with Crippen LogP contribution in [0, 0.1) is 5.92 Å². The minimum Gasteiger partial charge on any atom is -0.314 e. The van der Waals surface area contributed by atoms with Gasteiger partial charge in [-0.05, 0) is 37.8 Å². The van der Waals surface area contributed by atoms with E-state index in [1.807, 2.05) is 6.20 Å². The quantitative estimate of drug-likeness (QED) is 0.821. The Labute approximate surface area is 105 Å². The van der Waals surface area contributed by atoms with Crippen LogP contribution in [0.3, 0.4) is 0 Å². The lowest BCUT2D eigenvalue weighted by Crippen LogP contribution is -2.37. The normalized spacial score (nSPS) is 24.0. The Morgan fingerprint density at radius 2 is 2.29 bits per heavy atom. The van der Waals surface area contributed by atoms with E-state index in [1.54, 1.807) is 0 Å². The summed E-state index contributed by atoms with van der Waals surface area (Å²) in [6.45, 7) is 8.86. The average Bonchev–Trinajstić information content (AvgIpc) is 2.65. The van der Waals surface area contributed by atoms with Crippen LogP contribution in [0.2, 0.25) is 0 Å². The third kappa shape index (κ3) is 2.89. The summed E-state index contributed by atoms with van der Waals surface area (Å²) in [6, 6.07) is 2.80. The summed E-state index contributed by atoms with van der Waals surface area (Å²) in [5.41, 5.74) is 1.45. The molecular formula is C14H25N3. The lowest BCUT2D eigenvalue weighted by Gasteiger charge is -2.37. The molecule has 1 aliphatic carbocycles. The van der Waals surface area contributed by atoms with Gasteiger partial charge in [-0.25, -0.2) is 0 Å². The molecule has 3 nitrogen and oxygen atoms in total. The molecule has 1 N–H and O–H groups in total. The van der Waals surface area contributed by atoms with Gasteiger partial charge in [-0.2, -0.15) is 5.10 Å². The summed E-state index contributed by atoms with van der Waals surface area (Å²) in [5.74, 6) is 1.54. The molecule has 2 unspecified atom stereocenters. The highest BCUT2D eigenvalue weighted by Gasteiger charge is 2.33. The first-order valence-electron chi connectivity index (χ1n) is 6.97. The van der Waals surface area contributed by atoms with Gasteiger partial charge in [0.2, 0.25) is 0 Å². The van der Waals surface area contributed by atoms with Gasteiger partial charge in [0.15, 0.2) is 0 Å². The highest BCUT2D eigenvalue weighted by Crippen LogP contribution is 2.42. The highest BCUT2D eigenvalue weighted by molar-refractivity contribution is 5.13. The molecule has 3 heteroatoms. The van der Waals surface area contributed by atoms with Crippen molar-refractivity contribution in [2.45, 2.75) is 58.5 Å². The smallest absolute Gasteiger partial charge is 0.0492 e. The van der Waals surface area contributed by atoms with Gasteiger partial charge in [-0.1, -0.05) is 20.8 Å². The largest absolute Gasteiger partial charge is 0.314 e. The molecule has 0 aliphatic heterocycles. The van der Waals surface area contributed by atoms with Gasteiger partial charge < -0.3 is 5.32 Å². The third-order valence-electron chi connectivity index (χ3n) is 3.77. The topological polar surface area (TPSA) is 29.9 Å². The van der Waals surface area contributed by atoms with E-state index in [9.17, 15) is 0 Å². The second-order valence-electron chi connectivity index (χ2n) is 5.49. The second kappa shape index (κ2) is 5.67. The lowest BCUT2D eigenvalue weighted by atomic mass is 9.71. The summed E-state index contributed by atoms with van der Waals surface area (Å²) in [6.07, 6.45) is 5.81. The maximum atomic E-state index is 4.43. The molecular weight excluding hydrogens is 210 g/mol. The highest BCUT2D eigenvalue weighted by atomic mass is 15.3. The fourth-order valence-electron chi connectivity index (χ4n) is 2.65. The summed E-state index contributed by atoms with van der Waals surface area (Å²) in [5, 5.41) is 8.00. The monoisotopic (exact) mass is 235 g/mol. The molecule has 96 valence electrons. The fraction of sp³-hybridized carbons (Fsp3) is 0.786. The molecule has 1 saturated carbocycles. The maximum absolute atomic E-state index is 4.43. The van der Waals surface area contributed by atoms with Crippen LogP contribution < -0.4 is 5.32 Å². The van der Waals surface area contributed by atoms with Crippen molar-refractivity contribution in [1.82, 2.24) is 15.1 Å². The third-order valence-corrected chi connectivity index (χ3v) is 3.77. The zero-order valence-corrected chi connectivity index (χ0v) is 11.3. The molecule has 0 radical (unpaired) electrons. The van der Waals surface area contributed by atoms with E-state index in [0.717, 1.165) is 31.3 Å². The molecule has 0 amide bonds. The second-order valence-corrected chi connectivity index (χ2v) is 5.49. The number of nitrogens with zero attached hydrogens (tertiary/aromatic N) is 2. The van der Waals surface area contributed by atoms with Crippen LogP contribution in [0.15, 0.2) is 12.3 Å². The van der Waals surface area contributed by atoms with Crippen molar-refractivity contribution < 1.29 is 0 Å². The van der Waals surface area contributed by atoms with Crippen molar-refractivity contribution in [2.24, 2.45) is 5.92 Å². The van der Waals surface area contributed by atoms with Crippen LogP contribution in [0.25, 0.3) is 0 Å². The predicted octanol–water partition coefficient (Wildman–Crippen LogP) is 2.78. The van der Waals surface area contributed by atoms with Gasteiger partial charge >= 0.3 is 0 Å². The maximum Gasteiger partial charge on any atom is 0.0492 e. The fourth-order valence-corrected chi connectivity index (χ4v) is 2.65. The molecule has 2 atom stereocenters. The Kier molecular flexibility index (Phi) is 4.21. The van der Waals surface area contributed by atoms with Crippen molar-refractivity contribution in [3.05, 3.63) is 18.0 Å². The van der Waals surface area contributed by atoms with Crippen LogP contribution in [0.5, 0.6) is 0 Å². The Hall–Kier alpha value is -0.830. The summed E-state index contributed by atoms with van der Waals surface area (Å²) >= 11 is 0. The van der Waals surface area contributed by atoms with Crippen LogP contribution >= 0.6 is 0 Å². The van der Waals surface area contributed by atoms with E-state index in [2.05, 4.69) is 41.9 Å². The van der Waals surface area contributed by atoms with Crippen molar-refractivity contribution >= 4 is 0 Å². The SMILES string of the molecule is CCCn1nccc1C1CCC1CNC(C)C. The number of aromatic nitrogens is 2. The average molecular weight is 235 g/mol. The summed E-state index contributed by atoms with van der Waals surface area (Å²) < 4.78 is 2.20. The molecule has 0 bridgehead atoms. The zero-order chi connectivity index (χ0) is 12.3. The molecule has 1 heterocycles. The van der Waals surface area contributed by atoms with E-state index in [1.165, 1.54) is 18.5 Å². The Balaban J connectivity index is 1.95. The molecule has 0 aromatic carbocycles. The minimum atomic E-state index is 0.594. The van der Waals surface area contributed by atoms with Gasteiger partial charge in [-0.15, -0.1) is 0 Å². The Bertz CT molecular complexity index is 343. The van der Waals surface area contributed by atoms with Crippen molar-refractivity contribution in [1.29, 1.82) is 0 Å². The van der Waals surface area contributed by atoms with Crippen LogP contribution in [-0.2, 0) is 6.54 Å². The standard InChI is InChI=1S/C14H25N3/c1-4-9-17-14(7-8-16-17)13-6-5-12(13)10-15-11(2)3/h7-8,11-13,15H,4-6,9-10H2,1-3H3. The number of hydrogen-bond donors (Lipinski definition) is 1. The predicted molar refractivity (Wildman–Crippen MR) is 71.1 cm³/mol. The first-order chi connectivity index (χ1) is 8.22. The summed E-state index contributed by atoms with van der Waals surface area (Å²) in [4.78, 5) is 0. The Morgan fingerprint density at radius 1 is 1.47 bits per heavy atom. The van der Waals surface area contributed by atoms with Gasteiger partial charge in [-0.3, -0.25) is 4.68 Å². The Morgan fingerprint density at radius 3 is 2.88 bits per heavy atom. The summed E-state index contributed by atoms with van der Waals surface area (Å²) in [7, 11) is 0. The van der Waals surface area contributed by atoms with E-state index < -0.39 is 0 Å². The molecule has 1 aliphatic rings. The van der Waals surface area contributed by atoms with Crippen molar-refractivity contribution in [3.63, 3.8) is 0 Å². The lowest BCUT2D eigenvalue weighted by molar-refractivity contribution is 0.229. The van der Waals surface area contributed by atoms with Crippen LogP contribution in [0.1, 0.15) is 51.6 Å². The molecule has 17 heavy (non-hydrogen) atoms. The van der Waals surface area contributed by atoms with E-state index in [4.69, 9.17) is 0 Å². The minimum absolute atomic E-state index is 0.594. The van der Waals surface area contributed by atoms with Gasteiger partial charge in [0, 0.05) is 30.4 Å². The first kappa shape index (κ1) is 12.6. The number of hydrogen-bond acceptors (Lipinski definition) is 2. The molecule has 2 rings (SSSR count). The molecule has 0 spiro atoms.